The van der Waals surface area contributed by atoms with Gasteiger partial charge in [-0.3, -0.25) is 4.79 Å². The summed E-state index contributed by atoms with van der Waals surface area (Å²) in [5.41, 5.74) is 4.16. The lowest BCUT2D eigenvalue weighted by molar-refractivity contribution is -0.129. The number of fused-ring (bicyclic) bond motifs is 1. The van der Waals surface area contributed by atoms with Gasteiger partial charge in [-0.05, 0) is 23.3 Å². The van der Waals surface area contributed by atoms with Crippen molar-refractivity contribution >= 4 is 28.7 Å². The van der Waals surface area contributed by atoms with Crippen LogP contribution in [-0.4, -0.2) is 26.5 Å². The Hall–Kier alpha value is -3.05. The van der Waals surface area contributed by atoms with Crippen molar-refractivity contribution in [3.8, 4) is 0 Å². The van der Waals surface area contributed by atoms with E-state index >= 15 is 0 Å². The molecule has 0 saturated heterocycles. The van der Waals surface area contributed by atoms with Crippen molar-refractivity contribution in [1.82, 2.24) is 14.9 Å². The largest absolute Gasteiger partial charge is 0.333 e. The van der Waals surface area contributed by atoms with E-state index < -0.39 is 0 Å². The number of amides is 1. The van der Waals surface area contributed by atoms with E-state index in [4.69, 9.17) is 0 Å². The first-order valence-corrected chi connectivity index (χ1v) is 10.2. The molecule has 4 rings (SSSR count). The summed E-state index contributed by atoms with van der Waals surface area (Å²) in [6.07, 6.45) is 0. The van der Waals surface area contributed by atoms with Crippen LogP contribution in [0.15, 0.2) is 90.1 Å². The minimum atomic E-state index is 0.0955. The first-order chi connectivity index (χ1) is 13.8. The standard InChI is InChI=1S/C23H21N3OS/c27-22(17-28-23-24-20-13-7-8-14-21(20)25-23)26(15-18-9-3-1-4-10-18)16-19-11-5-2-6-12-19/h1-14H,15-17H2,(H,24,25). The third-order valence-corrected chi connectivity index (χ3v) is 5.34. The molecule has 1 heterocycles. The Kier molecular flexibility index (Phi) is 5.73. The molecule has 0 atom stereocenters. The van der Waals surface area contributed by atoms with Gasteiger partial charge in [0.1, 0.15) is 0 Å². The summed E-state index contributed by atoms with van der Waals surface area (Å²) in [7, 11) is 0. The summed E-state index contributed by atoms with van der Waals surface area (Å²) in [6.45, 7) is 1.19. The number of imidazole rings is 1. The quantitative estimate of drug-likeness (QED) is 0.460. The molecule has 0 fully saturated rings. The van der Waals surface area contributed by atoms with Gasteiger partial charge in [0.2, 0.25) is 5.91 Å². The van der Waals surface area contributed by atoms with E-state index in [9.17, 15) is 4.79 Å². The van der Waals surface area contributed by atoms with Crippen LogP contribution in [0.3, 0.4) is 0 Å². The lowest BCUT2D eigenvalue weighted by Gasteiger charge is -2.23. The number of rotatable bonds is 7. The number of para-hydroxylation sites is 2. The average molecular weight is 388 g/mol. The highest BCUT2D eigenvalue weighted by atomic mass is 32.2. The molecule has 0 unspecified atom stereocenters. The maximum atomic E-state index is 13.0. The number of carbonyl (C=O) groups excluding carboxylic acids is 1. The maximum absolute atomic E-state index is 13.0. The van der Waals surface area contributed by atoms with E-state index in [1.807, 2.05) is 65.6 Å². The number of carbonyl (C=O) groups is 1. The molecule has 1 N–H and O–H groups in total. The highest BCUT2D eigenvalue weighted by molar-refractivity contribution is 7.99. The Labute approximate surface area is 168 Å². The predicted octanol–water partition coefficient (Wildman–Crippen LogP) is 4.88. The van der Waals surface area contributed by atoms with Crippen molar-refractivity contribution in [1.29, 1.82) is 0 Å². The minimum absolute atomic E-state index is 0.0955. The Morgan fingerprint density at radius 1 is 0.821 bits per heavy atom. The average Bonchev–Trinajstić information content (AvgIpc) is 3.16. The van der Waals surface area contributed by atoms with Crippen LogP contribution >= 0.6 is 11.8 Å². The van der Waals surface area contributed by atoms with E-state index in [0.717, 1.165) is 27.3 Å². The molecule has 4 nitrogen and oxygen atoms in total. The van der Waals surface area contributed by atoms with Crippen LogP contribution in [-0.2, 0) is 17.9 Å². The van der Waals surface area contributed by atoms with Crippen molar-refractivity contribution in [3.63, 3.8) is 0 Å². The fourth-order valence-electron chi connectivity index (χ4n) is 3.06. The molecule has 1 aromatic heterocycles. The molecule has 0 saturated carbocycles. The Bertz CT molecular complexity index is 973. The fraction of sp³-hybridized carbons (Fsp3) is 0.130. The van der Waals surface area contributed by atoms with Gasteiger partial charge >= 0.3 is 0 Å². The van der Waals surface area contributed by atoms with Crippen LogP contribution in [0, 0.1) is 0 Å². The zero-order valence-corrected chi connectivity index (χ0v) is 16.2. The number of nitrogens with one attached hydrogen (secondary N) is 1. The summed E-state index contributed by atoms with van der Waals surface area (Å²) >= 11 is 1.45. The molecule has 0 radical (unpaired) electrons. The van der Waals surface area contributed by atoms with Crippen LogP contribution < -0.4 is 0 Å². The number of hydrogen-bond acceptors (Lipinski definition) is 3. The van der Waals surface area contributed by atoms with Gasteiger partial charge in [-0.25, -0.2) is 4.98 Å². The van der Waals surface area contributed by atoms with Gasteiger partial charge in [-0.2, -0.15) is 0 Å². The smallest absolute Gasteiger partial charge is 0.233 e. The molecule has 1 amide bonds. The van der Waals surface area contributed by atoms with E-state index in [-0.39, 0.29) is 5.91 Å². The summed E-state index contributed by atoms with van der Waals surface area (Å²) in [4.78, 5) is 22.7. The molecule has 0 aliphatic heterocycles. The van der Waals surface area contributed by atoms with Gasteiger partial charge in [-0.15, -0.1) is 0 Å². The number of H-pyrrole nitrogens is 1. The van der Waals surface area contributed by atoms with Crippen LogP contribution in [0.1, 0.15) is 11.1 Å². The number of aromatic nitrogens is 2. The first-order valence-electron chi connectivity index (χ1n) is 9.21. The van der Waals surface area contributed by atoms with Crippen molar-refractivity contribution in [2.24, 2.45) is 0 Å². The lowest BCUT2D eigenvalue weighted by atomic mass is 10.1. The number of aromatic amines is 1. The topological polar surface area (TPSA) is 49.0 Å². The number of nitrogens with zero attached hydrogens (tertiary/aromatic N) is 2. The molecular weight excluding hydrogens is 366 g/mol. The number of thioether (sulfide) groups is 1. The van der Waals surface area contributed by atoms with E-state index in [2.05, 4.69) is 34.2 Å². The van der Waals surface area contributed by atoms with Crippen LogP contribution in [0.4, 0.5) is 0 Å². The van der Waals surface area contributed by atoms with E-state index in [0.29, 0.717) is 18.8 Å². The Balaban J connectivity index is 1.46. The normalized spacial score (nSPS) is 10.9. The Morgan fingerprint density at radius 3 is 2.00 bits per heavy atom. The fourth-order valence-corrected chi connectivity index (χ4v) is 3.85. The minimum Gasteiger partial charge on any atom is -0.333 e. The summed E-state index contributed by atoms with van der Waals surface area (Å²) in [5, 5.41) is 0.772. The van der Waals surface area contributed by atoms with Crippen LogP contribution in [0.2, 0.25) is 0 Å². The molecule has 4 aromatic rings. The monoisotopic (exact) mass is 387 g/mol. The van der Waals surface area contributed by atoms with Crippen LogP contribution in [0.25, 0.3) is 11.0 Å². The number of hydrogen-bond donors (Lipinski definition) is 1. The predicted molar refractivity (Wildman–Crippen MR) is 114 cm³/mol. The van der Waals surface area contributed by atoms with Gasteiger partial charge in [0.15, 0.2) is 5.16 Å². The van der Waals surface area contributed by atoms with Gasteiger partial charge in [0, 0.05) is 13.1 Å². The van der Waals surface area contributed by atoms with Crippen LogP contribution in [0.5, 0.6) is 0 Å². The molecule has 0 bridgehead atoms. The summed E-state index contributed by atoms with van der Waals surface area (Å²) in [5.74, 6) is 0.442. The van der Waals surface area contributed by atoms with Crippen molar-refractivity contribution in [2.75, 3.05) is 5.75 Å². The molecule has 5 heteroatoms. The van der Waals surface area contributed by atoms with Gasteiger partial charge < -0.3 is 9.88 Å². The molecule has 0 spiro atoms. The van der Waals surface area contributed by atoms with Gasteiger partial charge in [-0.1, -0.05) is 84.6 Å². The second kappa shape index (κ2) is 8.76. The third kappa shape index (κ3) is 4.61. The van der Waals surface area contributed by atoms with Gasteiger partial charge in [0.05, 0.1) is 16.8 Å². The highest BCUT2D eigenvalue weighted by Gasteiger charge is 2.16. The highest BCUT2D eigenvalue weighted by Crippen LogP contribution is 2.20. The van der Waals surface area contributed by atoms with Crippen molar-refractivity contribution in [2.45, 2.75) is 18.2 Å². The second-order valence-corrected chi connectivity index (χ2v) is 7.53. The summed E-state index contributed by atoms with van der Waals surface area (Å²) < 4.78 is 0. The third-order valence-electron chi connectivity index (χ3n) is 4.49. The van der Waals surface area contributed by atoms with E-state index in [1.165, 1.54) is 11.8 Å². The molecule has 0 aliphatic carbocycles. The zero-order valence-electron chi connectivity index (χ0n) is 15.4. The first kappa shape index (κ1) is 18.3. The molecular formula is C23H21N3OS. The molecule has 140 valence electrons. The SMILES string of the molecule is O=C(CSc1nc2ccccc2[nH]1)N(Cc1ccccc1)Cc1ccccc1. The van der Waals surface area contributed by atoms with Crippen molar-refractivity contribution < 1.29 is 4.79 Å². The van der Waals surface area contributed by atoms with Crippen molar-refractivity contribution in [3.05, 3.63) is 96.1 Å². The molecule has 3 aromatic carbocycles. The molecule has 28 heavy (non-hydrogen) atoms. The summed E-state index contributed by atoms with van der Waals surface area (Å²) in [6, 6.07) is 28.1. The molecule has 0 aliphatic rings. The van der Waals surface area contributed by atoms with E-state index in [1.54, 1.807) is 0 Å². The lowest BCUT2D eigenvalue weighted by Crippen LogP contribution is -2.31. The maximum Gasteiger partial charge on any atom is 0.233 e. The second-order valence-electron chi connectivity index (χ2n) is 6.57. The number of benzene rings is 3. The van der Waals surface area contributed by atoms with Gasteiger partial charge in [0.25, 0.3) is 0 Å². The zero-order chi connectivity index (χ0) is 19.2. The Morgan fingerprint density at radius 2 is 1.39 bits per heavy atom.